The first-order valence-corrected chi connectivity index (χ1v) is 9.06. The van der Waals surface area contributed by atoms with Crippen molar-refractivity contribution in [1.82, 2.24) is 9.97 Å². The number of para-hydroxylation sites is 1. The van der Waals surface area contributed by atoms with Gasteiger partial charge in [0.25, 0.3) is 5.91 Å². The van der Waals surface area contributed by atoms with Crippen LogP contribution in [0.1, 0.15) is 37.8 Å². The highest BCUT2D eigenvalue weighted by Crippen LogP contribution is 2.22. The lowest BCUT2D eigenvalue weighted by Crippen LogP contribution is -2.17. The minimum atomic E-state index is -0.531. The first kappa shape index (κ1) is 20.0. The highest BCUT2D eigenvalue weighted by molar-refractivity contribution is 6.07. The molecule has 0 aliphatic rings. The molecule has 2 aromatic carbocycles. The summed E-state index contributed by atoms with van der Waals surface area (Å²) in [6, 6.07) is 14.3. The molecule has 0 unspecified atom stereocenters. The van der Waals surface area contributed by atoms with Gasteiger partial charge in [0.2, 0.25) is 0 Å². The molecule has 1 aromatic heterocycles. The maximum absolute atomic E-state index is 12.8. The van der Waals surface area contributed by atoms with Gasteiger partial charge in [-0.15, -0.1) is 0 Å². The van der Waals surface area contributed by atoms with Crippen molar-refractivity contribution in [1.29, 1.82) is 0 Å². The number of hydrogen-bond acceptors (Lipinski definition) is 6. The lowest BCUT2D eigenvalue weighted by atomic mass is 10.1. The van der Waals surface area contributed by atoms with Crippen LogP contribution in [-0.2, 0) is 4.74 Å². The predicted octanol–water partition coefficient (Wildman–Crippen LogP) is 4.18. The molecule has 1 heterocycles. The Kier molecular flexibility index (Phi) is 5.87. The summed E-state index contributed by atoms with van der Waals surface area (Å²) in [5, 5.41) is 5.97. The van der Waals surface area contributed by atoms with E-state index in [1.165, 1.54) is 7.11 Å². The maximum Gasteiger partial charge on any atom is 0.339 e. The van der Waals surface area contributed by atoms with Crippen molar-refractivity contribution in [3.63, 3.8) is 0 Å². The summed E-state index contributed by atoms with van der Waals surface area (Å²) in [6.45, 7) is 5.72. The van der Waals surface area contributed by atoms with Gasteiger partial charge < -0.3 is 15.4 Å². The van der Waals surface area contributed by atoms with Crippen LogP contribution < -0.4 is 10.6 Å². The summed E-state index contributed by atoms with van der Waals surface area (Å²) in [5.74, 6) is -0.0165. The molecule has 0 spiro atoms. The molecule has 0 fully saturated rings. The normalized spacial score (nSPS) is 10.3. The average molecular weight is 390 g/mol. The monoisotopic (exact) mass is 390 g/mol. The molecule has 3 aromatic rings. The van der Waals surface area contributed by atoms with Crippen molar-refractivity contribution in [2.75, 3.05) is 17.7 Å². The number of nitrogens with one attached hydrogen (secondary N) is 2. The molecule has 29 heavy (non-hydrogen) atoms. The van der Waals surface area contributed by atoms with E-state index in [1.54, 1.807) is 37.3 Å². The van der Waals surface area contributed by atoms with Gasteiger partial charge in [-0.1, -0.05) is 24.3 Å². The number of amides is 1. The van der Waals surface area contributed by atoms with Gasteiger partial charge in [0.15, 0.2) is 0 Å². The van der Waals surface area contributed by atoms with Crippen LogP contribution in [0.15, 0.2) is 48.5 Å². The number of carbonyl (C=O) groups excluding carboxylic acids is 2. The number of aryl methyl sites for hydroxylation is 3. The molecular weight excluding hydrogens is 368 g/mol. The van der Waals surface area contributed by atoms with E-state index in [0.717, 1.165) is 16.8 Å². The Bertz CT molecular complexity index is 1080. The van der Waals surface area contributed by atoms with E-state index in [2.05, 4.69) is 20.6 Å². The van der Waals surface area contributed by atoms with Gasteiger partial charge in [-0.05, 0) is 50.1 Å². The van der Waals surface area contributed by atoms with Crippen LogP contribution >= 0.6 is 0 Å². The smallest absolute Gasteiger partial charge is 0.339 e. The third-order valence-electron chi connectivity index (χ3n) is 4.31. The van der Waals surface area contributed by atoms with Gasteiger partial charge >= 0.3 is 5.97 Å². The molecule has 2 N–H and O–H groups in total. The standard InChI is InChI=1S/C22H22N4O3/c1-13-9-10-14(2)18(11-13)25-20-12-19(23-15(3)24-20)21(27)26-17-8-6-5-7-16(17)22(28)29-4/h5-12H,1-4H3,(H,26,27)(H,23,24,25). The molecule has 0 aliphatic heterocycles. The highest BCUT2D eigenvalue weighted by Gasteiger charge is 2.16. The van der Waals surface area contributed by atoms with Crippen LogP contribution in [0.2, 0.25) is 0 Å². The van der Waals surface area contributed by atoms with E-state index >= 15 is 0 Å². The molecule has 0 radical (unpaired) electrons. The summed E-state index contributed by atoms with van der Waals surface area (Å²) in [5.41, 5.74) is 3.88. The molecule has 7 heteroatoms. The molecule has 0 bridgehead atoms. The van der Waals surface area contributed by atoms with Crippen LogP contribution in [0.4, 0.5) is 17.2 Å². The number of rotatable bonds is 5. The van der Waals surface area contributed by atoms with E-state index in [4.69, 9.17) is 4.74 Å². The number of anilines is 3. The van der Waals surface area contributed by atoms with Crippen molar-refractivity contribution in [3.8, 4) is 0 Å². The van der Waals surface area contributed by atoms with Crippen LogP contribution in [0.25, 0.3) is 0 Å². The number of ether oxygens (including phenoxy) is 1. The largest absolute Gasteiger partial charge is 0.465 e. The molecule has 0 atom stereocenters. The van der Waals surface area contributed by atoms with Crippen LogP contribution in [0, 0.1) is 20.8 Å². The Hall–Kier alpha value is -3.74. The molecule has 0 saturated carbocycles. The number of methoxy groups -OCH3 is 1. The third-order valence-corrected chi connectivity index (χ3v) is 4.31. The lowest BCUT2D eigenvalue weighted by molar-refractivity contribution is 0.0602. The Labute approximate surface area is 169 Å². The molecular formula is C22H22N4O3. The third kappa shape index (κ3) is 4.76. The van der Waals surface area contributed by atoms with Crippen molar-refractivity contribution >= 4 is 29.1 Å². The minimum Gasteiger partial charge on any atom is -0.465 e. The minimum absolute atomic E-state index is 0.185. The molecule has 7 nitrogen and oxygen atoms in total. The Balaban J connectivity index is 1.87. The first-order valence-electron chi connectivity index (χ1n) is 9.06. The number of nitrogens with zero attached hydrogens (tertiary/aromatic N) is 2. The van der Waals surface area contributed by atoms with Crippen molar-refractivity contribution in [2.45, 2.75) is 20.8 Å². The summed E-state index contributed by atoms with van der Waals surface area (Å²) in [4.78, 5) is 33.3. The number of benzene rings is 2. The van der Waals surface area contributed by atoms with Gasteiger partial charge in [0, 0.05) is 11.8 Å². The van der Waals surface area contributed by atoms with Gasteiger partial charge in [0.05, 0.1) is 18.4 Å². The summed E-state index contributed by atoms with van der Waals surface area (Å²) < 4.78 is 4.76. The quantitative estimate of drug-likeness (QED) is 0.635. The number of aromatic nitrogens is 2. The zero-order valence-electron chi connectivity index (χ0n) is 16.7. The molecule has 0 saturated heterocycles. The number of esters is 1. The second-order valence-corrected chi connectivity index (χ2v) is 6.62. The van der Waals surface area contributed by atoms with Crippen LogP contribution in [0.3, 0.4) is 0 Å². The van der Waals surface area contributed by atoms with Gasteiger partial charge in [-0.3, -0.25) is 4.79 Å². The Morgan fingerprint density at radius 1 is 0.931 bits per heavy atom. The zero-order valence-corrected chi connectivity index (χ0v) is 16.7. The summed E-state index contributed by atoms with van der Waals surface area (Å²) >= 11 is 0. The van der Waals surface area contributed by atoms with E-state index in [9.17, 15) is 9.59 Å². The molecule has 148 valence electrons. The lowest BCUT2D eigenvalue weighted by Gasteiger charge is -2.12. The second-order valence-electron chi connectivity index (χ2n) is 6.62. The maximum atomic E-state index is 12.8. The second kappa shape index (κ2) is 8.52. The molecule has 1 amide bonds. The Morgan fingerprint density at radius 2 is 1.69 bits per heavy atom. The summed E-state index contributed by atoms with van der Waals surface area (Å²) in [6.07, 6.45) is 0. The van der Waals surface area contributed by atoms with Crippen molar-refractivity contribution in [3.05, 3.63) is 76.7 Å². The van der Waals surface area contributed by atoms with Gasteiger partial charge in [-0.25, -0.2) is 14.8 Å². The number of hydrogen-bond donors (Lipinski definition) is 2. The van der Waals surface area contributed by atoms with Crippen molar-refractivity contribution in [2.24, 2.45) is 0 Å². The summed E-state index contributed by atoms with van der Waals surface area (Å²) in [7, 11) is 1.29. The SMILES string of the molecule is COC(=O)c1ccccc1NC(=O)c1cc(Nc2cc(C)ccc2C)nc(C)n1. The highest BCUT2D eigenvalue weighted by atomic mass is 16.5. The van der Waals surface area contributed by atoms with E-state index in [-0.39, 0.29) is 11.3 Å². The topological polar surface area (TPSA) is 93.2 Å². The fourth-order valence-electron chi connectivity index (χ4n) is 2.82. The fourth-order valence-corrected chi connectivity index (χ4v) is 2.82. The molecule has 0 aliphatic carbocycles. The Morgan fingerprint density at radius 3 is 2.45 bits per heavy atom. The zero-order chi connectivity index (χ0) is 21.0. The van der Waals surface area contributed by atoms with E-state index < -0.39 is 11.9 Å². The average Bonchev–Trinajstić information content (AvgIpc) is 2.70. The number of carbonyl (C=O) groups is 2. The predicted molar refractivity (Wildman–Crippen MR) is 112 cm³/mol. The van der Waals surface area contributed by atoms with E-state index in [1.807, 2.05) is 32.0 Å². The van der Waals surface area contributed by atoms with Crippen LogP contribution in [0.5, 0.6) is 0 Å². The van der Waals surface area contributed by atoms with E-state index in [0.29, 0.717) is 17.3 Å². The fraction of sp³-hybridized carbons (Fsp3) is 0.182. The van der Waals surface area contributed by atoms with Crippen molar-refractivity contribution < 1.29 is 14.3 Å². The van der Waals surface area contributed by atoms with Gasteiger partial charge in [-0.2, -0.15) is 0 Å². The molecule has 3 rings (SSSR count). The first-order chi connectivity index (χ1) is 13.9. The van der Waals surface area contributed by atoms with Crippen LogP contribution in [-0.4, -0.2) is 29.0 Å². The van der Waals surface area contributed by atoms with Gasteiger partial charge in [0.1, 0.15) is 17.3 Å².